The number of anilines is 2. The molecule has 0 saturated carbocycles. The highest BCUT2D eigenvalue weighted by Crippen LogP contribution is 2.52. The Morgan fingerprint density at radius 2 is 1.08 bits per heavy atom. The molecule has 0 unspecified atom stereocenters. The van der Waals surface area contributed by atoms with E-state index in [1.807, 2.05) is 0 Å². The van der Waals surface area contributed by atoms with Crippen molar-refractivity contribution in [1.82, 2.24) is 0 Å². The van der Waals surface area contributed by atoms with E-state index in [9.17, 15) is 0 Å². The summed E-state index contributed by atoms with van der Waals surface area (Å²) in [6.07, 6.45) is 0. The summed E-state index contributed by atoms with van der Waals surface area (Å²) in [6.45, 7) is 7.04. The minimum Gasteiger partial charge on any atom is -0.354 e. The largest absolute Gasteiger partial charge is 0.354 e. The molecule has 1 aliphatic rings. The molecule has 0 bridgehead atoms. The summed E-state index contributed by atoms with van der Waals surface area (Å²) in [6, 6.07) is 26.5. The average molecular weight is 337 g/mol. The smallest absolute Gasteiger partial charge is 0.0503 e. The van der Waals surface area contributed by atoms with Gasteiger partial charge in [0, 0.05) is 16.7 Å². The van der Waals surface area contributed by atoms with Crippen LogP contribution in [0.3, 0.4) is 0 Å². The molecule has 0 radical (unpaired) electrons. The van der Waals surface area contributed by atoms with Gasteiger partial charge in [0.25, 0.3) is 0 Å². The van der Waals surface area contributed by atoms with Gasteiger partial charge in [0.05, 0.1) is 11.4 Å². The zero-order valence-corrected chi connectivity index (χ0v) is 15.5. The third-order valence-electron chi connectivity index (χ3n) is 5.66. The van der Waals surface area contributed by atoms with Crippen molar-refractivity contribution in [3.63, 3.8) is 0 Å². The first kappa shape index (κ1) is 15.5. The number of nitrogens with one attached hydrogen (secondary N) is 1. The lowest BCUT2D eigenvalue weighted by Gasteiger charge is -2.39. The molecule has 0 aromatic heterocycles. The van der Waals surface area contributed by atoms with E-state index < -0.39 is 0 Å². The lowest BCUT2D eigenvalue weighted by atomic mass is 9.69. The highest BCUT2D eigenvalue weighted by Gasteiger charge is 2.35. The van der Waals surface area contributed by atoms with Crippen LogP contribution in [0.15, 0.2) is 72.8 Å². The summed E-state index contributed by atoms with van der Waals surface area (Å²) in [5.74, 6) is 0.364. The molecule has 1 heteroatoms. The molecule has 0 spiro atoms. The number of rotatable bonds is 0. The molecular weight excluding hydrogens is 314 g/mol. The van der Waals surface area contributed by atoms with E-state index in [-0.39, 0.29) is 5.41 Å². The Balaban J connectivity index is 1.89. The maximum atomic E-state index is 3.83. The third kappa shape index (κ3) is 2.17. The third-order valence-corrected chi connectivity index (χ3v) is 5.66. The van der Waals surface area contributed by atoms with Crippen LogP contribution in [-0.4, -0.2) is 0 Å². The van der Waals surface area contributed by atoms with Gasteiger partial charge in [-0.15, -0.1) is 0 Å². The molecule has 1 heterocycles. The van der Waals surface area contributed by atoms with E-state index in [1.54, 1.807) is 0 Å². The highest BCUT2D eigenvalue weighted by molar-refractivity contribution is 6.05. The topological polar surface area (TPSA) is 12.0 Å². The zero-order chi connectivity index (χ0) is 17.9. The van der Waals surface area contributed by atoms with Gasteiger partial charge in [0.15, 0.2) is 0 Å². The highest BCUT2D eigenvalue weighted by atomic mass is 14.9. The molecule has 0 amide bonds. The lowest BCUT2D eigenvalue weighted by Crippen LogP contribution is -2.24. The van der Waals surface area contributed by atoms with E-state index in [0.29, 0.717) is 5.92 Å². The monoisotopic (exact) mass is 337 g/mol. The van der Waals surface area contributed by atoms with E-state index in [0.717, 1.165) is 0 Å². The van der Waals surface area contributed by atoms with Crippen LogP contribution in [0.5, 0.6) is 0 Å². The van der Waals surface area contributed by atoms with E-state index in [4.69, 9.17) is 0 Å². The molecule has 128 valence electrons. The summed E-state index contributed by atoms with van der Waals surface area (Å²) >= 11 is 0. The van der Waals surface area contributed by atoms with Crippen molar-refractivity contribution in [2.75, 3.05) is 5.32 Å². The first-order chi connectivity index (χ1) is 12.5. The standard InChI is InChI=1S/C25H23N/c1-25(2,3)22-20-14-12-16-8-4-6-10-18(16)23(20)26-24-19-11-7-5-9-17(19)13-15-21(22)24/h4-15,22,26H,1-3H3. The minimum atomic E-state index is 0.135. The van der Waals surface area contributed by atoms with Crippen LogP contribution in [-0.2, 0) is 0 Å². The van der Waals surface area contributed by atoms with Gasteiger partial charge in [-0.3, -0.25) is 0 Å². The summed E-state index contributed by atoms with van der Waals surface area (Å²) in [4.78, 5) is 0. The van der Waals surface area contributed by atoms with Gasteiger partial charge in [-0.05, 0) is 27.3 Å². The van der Waals surface area contributed by atoms with Gasteiger partial charge >= 0.3 is 0 Å². The Kier molecular flexibility index (Phi) is 3.18. The predicted octanol–water partition coefficient (Wildman–Crippen LogP) is 7.23. The molecule has 5 rings (SSSR count). The van der Waals surface area contributed by atoms with Crippen molar-refractivity contribution in [1.29, 1.82) is 0 Å². The van der Waals surface area contributed by atoms with Gasteiger partial charge in [0.2, 0.25) is 0 Å². The Labute approximate surface area is 154 Å². The maximum absolute atomic E-state index is 3.83. The molecule has 0 aliphatic carbocycles. The Morgan fingerprint density at radius 3 is 1.54 bits per heavy atom. The SMILES string of the molecule is CC(C)(C)C1c2ccc3ccccc3c2Nc2c1ccc1ccccc21. The molecule has 26 heavy (non-hydrogen) atoms. The second-order valence-corrected chi connectivity index (χ2v) is 8.43. The van der Waals surface area contributed by atoms with Gasteiger partial charge in [-0.1, -0.05) is 93.6 Å². The fourth-order valence-corrected chi connectivity index (χ4v) is 4.56. The van der Waals surface area contributed by atoms with Crippen molar-refractivity contribution in [3.05, 3.63) is 83.9 Å². The molecule has 1 aliphatic heterocycles. The van der Waals surface area contributed by atoms with Crippen molar-refractivity contribution in [3.8, 4) is 0 Å². The average Bonchev–Trinajstić information content (AvgIpc) is 2.65. The molecule has 1 nitrogen and oxygen atoms in total. The zero-order valence-electron chi connectivity index (χ0n) is 15.5. The number of benzene rings is 4. The van der Waals surface area contributed by atoms with Gasteiger partial charge in [-0.25, -0.2) is 0 Å². The van der Waals surface area contributed by atoms with E-state index in [1.165, 1.54) is 44.0 Å². The summed E-state index contributed by atoms with van der Waals surface area (Å²) in [5, 5.41) is 9.01. The summed E-state index contributed by atoms with van der Waals surface area (Å²) in [5.41, 5.74) is 5.48. The Morgan fingerprint density at radius 1 is 0.615 bits per heavy atom. The van der Waals surface area contributed by atoms with Crippen LogP contribution >= 0.6 is 0 Å². The fourth-order valence-electron chi connectivity index (χ4n) is 4.56. The number of hydrogen-bond donors (Lipinski definition) is 1. The molecule has 4 aromatic carbocycles. The van der Waals surface area contributed by atoms with Crippen LogP contribution in [0.25, 0.3) is 21.5 Å². The first-order valence-electron chi connectivity index (χ1n) is 9.34. The molecule has 4 aromatic rings. The van der Waals surface area contributed by atoms with Crippen LogP contribution in [0, 0.1) is 5.41 Å². The van der Waals surface area contributed by atoms with E-state index in [2.05, 4.69) is 98.9 Å². The normalized spacial score (nSPS) is 14.1. The second-order valence-electron chi connectivity index (χ2n) is 8.43. The van der Waals surface area contributed by atoms with Crippen molar-refractivity contribution in [2.45, 2.75) is 26.7 Å². The van der Waals surface area contributed by atoms with Crippen LogP contribution in [0.2, 0.25) is 0 Å². The Bertz CT molecular complexity index is 1060. The second kappa shape index (κ2) is 5.35. The summed E-state index contributed by atoms with van der Waals surface area (Å²) < 4.78 is 0. The molecule has 0 saturated heterocycles. The fraction of sp³-hybridized carbons (Fsp3) is 0.200. The number of fused-ring (bicyclic) bond motifs is 6. The van der Waals surface area contributed by atoms with Gasteiger partial charge in [-0.2, -0.15) is 0 Å². The Hall–Kier alpha value is -2.80. The summed E-state index contributed by atoms with van der Waals surface area (Å²) in [7, 11) is 0. The number of hydrogen-bond acceptors (Lipinski definition) is 1. The quantitative estimate of drug-likeness (QED) is 0.357. The van der Waals surface area contributed by atoms with Crippen molar-refractivity contribution in [2.24, 2.45) is 5.41 Å². The van der Waals surface area contributed by atoms with E-state index >= 15 is 0 Å². The van der Waals surface area contributed by atoms with Crippen LogP contribution in [0.4, 0.5) is 11.4 Å². The maximum Gasteiger partial charge on any atom is 0.0503 e. The molecule has 1 N–H and O–H groups in total. The first-order valence-corrected chi connectivity index (χ1v) is 9.34. The predicted molar refractivity (Wildman–Crippen MR) is 112 cm³/mol. The van der Waals surface area contributed by atoms with Crippen molar-refractivity contribution < 1.29 is 0 Å². The molecule has 0 fully saturated rings. The molecule has 0 atom stereocenters. The van der Waals surface area contributed by atoms with Crippen LogP contribution in [0.1, 0.15) is 37.8 Å². The van der Waals surface area contributed by atoms with Crippen molar-refractivity contribution >= 4 is 32.9 Å². The van der Waals surface area contributed by atoms with Gasteiger partial charge < -0.3 is 5.32 Å². The minimum absolute atomic E-state index is 0.135. The van der Waals surface area contributed by atoms with Crippen LogP contribution < -0.4 is 5.32 Å². The lowest BCUT2D eigenvalue weighted by molar-refractivity contribution is 0.359. The molecular formula is C25H23N. The van der Waals surface area contributed by atoms with Gasteiger partial charge in [0.1, 0.15) is 0 Å².